The molecule has 4 amide bonds. The van der Waals surface area contributed by atoms with E-state index in [1.54, 1.807) is 54.6 Å². The molecule has 4 aromatic heterocycles. The van der Waals surface area contributed by atoms with Crippen molar-refractivity contribution in [2.45, 2.75) is 86.7 Å². The number of rotatable bonds is 19. The van der Waals surface area contributed by atoms with Crippen molar-refractivity contribution >= 4 is 63.9 Å². The Balaban J connectivity index is 0.00000142. The van der Waals surface area contributed by atoms with Crippen LogP contribution in [0.5, 0.6) is 11.5 Å². The van der Waals surface area contributed by atoms with Gasteiger partial charge in [-0.25, -0.2) is 9.97 Å². The highest BCUT2D eigenvalue weighted by Crippen LogP contribution is 2.34. The largest absolute Gasteiger partial charge is 0.494 e. The Hall–Kier alpha value is -7.47. The first-order valence-electron chi connectivity index (χ1n) is 24.8. The molecule has 2 fully saturated rings. The second-order valence-electron chi connectivity index (χ2n) is 18.6. The lowest BCUT2D eigenvalue weighted by Gasteiger charge is -2.54. The fourth-order valence-electron chi connectivity index (χ4n) is 8.91. The van der Waals surface area contributed by atoms with Crippen molar-refractivity contribution in [2.24, 2.45) is 23.1 Å². The highest BCUT2D eigenvalue weighted by molar-refractivity contribution is 6.05. The quantitative estimate of drug-likeness (QED) is 0.0435. The number of aromatic nitrogens is 8. The van der Waals surface area contributed by atoms with Crippen molar-refractivity contribution in [2.75, 3.05) is 77.3 Å². The van der Waals surface area contributed by atoms with Gasteiger partial charge in [0.25, 0.3) is 11.8 Å². The number of imidazole rings is 2. The van der Waals surface area contributed by atoms with Crippen LogP contribution in [0.2, 0.25) is 0 Å². The number of hydrogen-bond donors (Lipinski definition) is 5. The Kier molecular flexibility index (Phi) is 18.8. The molecule has 0 unspecified atom stereocenters. The lowest BCUT2D eigenvalue weighted by Crippen LogP contribution is -2.70. The number of fused-ring (bicyclic) bond motifs is 2. The van der Waals surface area contributed by atoms with Crippen LogP contribution in [0.1, 0.15) is 94.1 Å². The summed E-state index contributed by atoms with van der Waals surface area (Å²) in [6.07, 6.45) is 5.08. The third-order valence-electron chi connectivity index (χ3n) is 12.0. The number of ether oxygens (including phenoxy) is 3. The summed E-state index contributed by atoms with van der Waals surface area (Å²) in [5, 5.41) is 14.7. The molecular weight excluding hydrogens is 951 g/mol. The Labute approximate surface area is 430 Å². The number of aryl methyl sites for hydroxylation is 4. The topological polar surface area (TPSA) is 293 Å². The predicted molar refractivity (Wildman–Crippen MR) is 282 cm³/mol. The number of likely N-dealkylation sites (tertiary alicyclic amines) is 1. The number of carbonyl (C=O) groups is 5. The number of nitrogens with zero attached hydrogens (tertiary/aromatic N) is 10. The van der Waals surface area contributed by atoms with E-state index in [-0.39, 0.29) is 43.0 Å². The van der Waals surface area contributed by atoms with E-state index < -0.39 is 23.3 Å². The minimum Gasteiger partial charge on any atom is -0.494 e. The first-order chi connectivity index (χ1) is 35.5. The van der Waals surface area contributed by atoms with Gasteiger partial charge < -0.3 is 45.4 Å². The molecule has 0 atom stereocenters. The minimum atomic E-state index is -0.671. The minimum absolute atomic E-state index is 0.0293. The van der Waals surface area contributed by atoms with Gasteiger partial charge in [0, 0.05) is 63.5 Å². The van der Waals surface area contributed by atoms with Crippen molar-refractivity contribution in [3.8, 4) is 11.5 Å². The number of amides is 4. The molecule has 0 bridgehead atoms. The van der Waals surface area contributed by atoms with Gasteiger partial charge in [-0.1, -0.05) is 32.9 Å². The number of methoxy groups -OCH3 is 1. The first-order valence-corrected chi connectivity index (χ1v) is 24.8. The molecule has 0 aliphatic carbocycles. The predicted octanol–water partition coefficient (Wildman–Crippen LogP) is 3.99. The average molecular weight is 1020 g/mol. The van der Waals surface area contributed by atoms with E-state index in [0.29, 0.717) is 127 Å². The fourth-order valence-corrected chi connectivity index (χ4v) is 8.91. The number of carbonyl (C=O) groups excluding carboxylic acids is 5. The number of aldehydes is 1. The zero-order valence-corrected chi connectivity index (χ0v) is 43.9. The molecule has 6 aromatic rings. The van der Waals surface area contributed by atoms with Gasteiger partial charge in [0.05, 0.1) is 55.8 Å². The maximum atomic E-state index is 13.9. The number of allylic oxidation sites excluding steroid dienone is 2. The number of nitrogens with one attached hydrogen (secondary N) is 2. The van der Waals surface area contributed by atoms with E-state index in [1.165, 1.54) is 26.3 Å². The number of benzene rings is 2. The molecule has 1 spiro atoms. The molecule has 0 radical (unpaired) electrons. The second kappa shape index (κ2) is 25.0. The average Bonchev–Trinajstić information content (AvgIpc) is 4.15. The second-order valence-corrected chi connectivity index (χ2v) is 18.6. The van der Waals surface area contributed by atoms with Gasteiger partial charge in [-0.05, 0) is 83.5 Å². The highest BCUT2D eigenvalue weighted by atomic mass is 16.5. The number of nitrogens with two attached hydrogens (primary N) is 3. The van der Waals surface area contributed by atoms with E-state index in [0.717, 1.165) is 12.2 Å². The van der Waals surface area contributed by atoms with Crippen LogP contribution < -0.4 is 37.3 Å². The van der Waals surface area contributed by atoms with Crippen LogP contribution in [0.25, 0.3) is 22.1 Å². The van der Waals surface area contributed by atoms with E-state index in [4.69, 9.17) is 35.6 Å². The zero-order chi connectivity index (χ0) is 53.9. The van der Waals surface area contributed by atoms with Crippen LogP contribution >= 0.6 is 0 Å². The van der Waals surface area contributed by atoms with Gasteiger partial charge in [-0.2, -0.15) is 10.2 Å². The van der Waals surface area contributed by atoms with E-state index in [1.807, 2.05) is 32.9 Å². The third-order valence-corrected chi connectivity index (χ3v) is 12.0. The third kappa shape index (κ3) is 12.8. The summed E-state index contributed by atoms with van der Waals surface area (Å²) in [7, 11) is 2.96. The van der Waals surface area contributed by atoms with Crippen molar-refractivity contribution in [3.63, 3.8) is 0 Å². The summed E-state index contributed by atoms with van der Waals surface area (Å²) < 4.78 is 25.0. The van der Waals surface area contributed by atoms with E-state index in [9.17, 15) is 24.0 Å². The highest BCUT2D eigenvalue weighted by Gasteiger charge is 2.47. The van der Waals surface area contributed by atoms with Crippen molar-refractivity contribution in [1.82, 2.24) is 48.5 Å². The SMILES string of the molecule is CC(C)C.CCn1nc(C)cc1C(=O)Nc1nc2cc(C(N)=O)cc(OC)c2n1C/C=C/Cn1c(NC(=O)c2cc(C)nn2CC)nc2cc(C=O)cc(OCCCN3CC4(C3)CN(C(=O)CN)CCO4)c21.CN. The summed E-state index contributed by atoms with van der Waals surface area (Å²) in [5.74, 6) is 0.309. The molecule has 398 valence electrons. The number of morpholine rings is 1. The molecule has 23 heteroatoms. The number of primary amides is 1. The van der Waals surface area contributed by atoms with Crippen LogP contribution in [0.4, 0.5) is 11.9 Å². The van der Waals surface area contributed by atoms with Crippen molar-refractivity contribution in [1.29, 1.82) is 0 Å². The molecular formula is C51H71N15O8. The molecule has 23 nitrogen and oxygen atoms in total. The molecule has 2 aliphatic heterocycles. The maximum absolute atomic E-state index is 13.9. The summed E-state index contributed by atoms with van der Waals surface area (Å²) in [6, 6.07) is 9.74. The van der Waals surface area contributed by atoms with Crippen LogP contribution in [-0.4, -0.2) is 151 Å². The van der Waals surface area contributed by atoms with Crippen LogP contribution in [0.15, 0.2) is 48.6 Å². The Morgan fingerprint density at radius 3 is 1.85 bits per heavy atom. The molecule has 2 aromatic carbocycles. The first kappa shape index (κ1) is 55.8. The van der Waals surface area contributed by atoms with Gasteiger partial charge in [-0.15, -0.1) is 0 Å². The van der Waals surface area contributed by atoms with E-state index in [2.05, 4.69) is 52.2 Å². The van der Waals surface area contributed by atoms with Gasteiger partial charge in [0.2, 0.25) is 23.7 Å². The molecule has 74 heavy (non-hydrogen) atoms. The smallest absolute Gasteiger partial charge is 0.276 e. The summed E-state index contributed by atoms with van der Waals surface area (Å²) >= 11 is 0. The molecule has 6 heterocycles. The van der Waals surface area contributed by atoms with Crippen LogP contribution in [0.3, 0.4) is 0 Å². The van der Waals surface area contributed by atoms with Crippen molar-refractivity contribution < 1.29 is 38.2 Å². The van der Waals surface area contributed by atoms with Crippen LogP contribution in [-0.2, 0) is 35.7 Å². The lowest BCUT2D eigenvalue weighted by molar-refractivity contribution is -0.188. The summed E-state index contributed by atoms with van der Waals surface area (Å²) in [4.78, 5) is 77.9. The monoisotopic (exact) mass is 1020 g/mol. The Bertz CT molecular complexity index is 2990. The van der Waals surface area contributed by atoms with Crippen LogP contribution in [0, 0.1) is 19.8 Å². The zero-order valence-electron chi connectivity index (χ0n) is 43.9. The number of hydrogen-bond acceptors (Lipinski definition) is 15. The maximum Gasteiger partial charge on any atom is 0.276 e. The van der Waals surface area contributed by atoms with Crippen molar-refractivity contribution in [3.05, 3.63) is 82.5 Å². The molecule has 8 rings (SSSR count). The Morgan fingerprint density at radius 2 is 1.35 bits per heavy atom. The number of anilines is 2. The normalized spacial score (nSPS) is 14.1. The summed E-state index contributed by atoms with van der Waals surface area (Å²) in [6.45, 7) is 19.0. The molecule has 8 N–H and O–H groups in total. The van der Waals surface area contributed by atoms with Gasteiger partial charge >= 0.3 is 0 Å². The molecule has 0 saturated carbocycles. The standard InChI is InChI=1S/C46H56N14O8.C4H10.CH5N/c1-6-59-34(17-28(3)53-59)42(64)51-44-49-32-19-30(24-61)20-37(67-15-10-11-55-25-46(26-55)27-56(14-16-68-46)38(62)23-47)40(32)58(44)13-9-8-12-57-39-33(21-31(41(48)63)22-36(39)66-5)50-45(57)52-43(65)35-18-29(4)54-60(35)7-2;1-4(2)3;1-2/h8-9,17-22,24H,6-7,10-16,23,25-27,47H2,1-5H3,(H2,48,63)(H,49,51,64)(H,50,52,65);4H,1-3H3;2H2,1H3/b9-8+;;. The van der Waals surface area contributed by atoms with Gasteiger partial charge in [0.1, 0.15) is 45.8 Å². The van der Waals surface area contributed by atoms with Gasteiger partial charge in [-0.3, -0.25) is 48.9 Å². The fraction of sp³-hybridized carbons (Fsp3) is 0.471. The van der Waals surface area contributed by atoms with E-state index >= 15 is 0 Å². The molecule has 2 saturated heterocycles. The van der Waals surface area contributed by atoms with Gasteiger partial charge in [0.15, 0.2) is 0 Å². The Morgan fingerprint density at radius 1 is 0.811 bits per heavy atom. The lowest BCUT2D eigenvalue weighted by atomic mass is 9.91. The molecule has 2 aliphatic rings. The summed E-state index contributed by atoms with van der Waals surface area (Å²) in [5.41, 5.74) is 19.8.